The van der Waals surface area contributed by atoms with Gasteiger partial charge in [0.2, 0.25) is 0 Å². The standard InChI is InChI=1S/C17H28/c1-8-15-13(3)14(4)16(15)12(2)10-9-11-17(5,6)7/h12H,3-4,8-11H2,1-2,5-7H3. The van der Waals surface area contributed by atoms with Gasteiger partial charge >= 0.3 is 0 Å². The maximum absolute atomic E-state index is 4.14. The van der Waals surface area contributed by atoms with Crippen molar-refractivity contribution in [1.29, 1.82) is 0 Å². The summed E-state index contributed by atoms with van der Waals surface area (Å²) in [5, 5.41) is 0. The van der Waals surface area contributed by atoms with Crippen LogP contribution in [0, 0.1) is 11.3 Å². The molecule has 0 N–H and O–H groups in total. The minimum Gasteiger partial charge on any atom is -0.0909 e. The van der Waals surface area contributed by atoms with Crippen LogP contribution in [0.15, 0.2) is 35.5 Å². The second-order valence-electron chi connectivity index (χ2n) is 6.56. The second-order valence-corrected chi connectivity index (χ2v) is 6.56. The molecule has 1 aliphatic rings. The molecule has 0 heterocycles. The first-order valence-electron chi connectivity index (χ1n) is 6.90. The maximum Gasteiger partial charge on any atom is -0.0181 e. The minimum absolute atomic E-state index is 0.460. The summed E-state index contributed by atoms with van der Waals surface area (Å²) in [6, 6.07) is 0. The molecule has 0 spiro atoms. The normalized spacial score (nSPS) is 18.4. The highest BCUT2D eigenvalue weighted by atomic mass is 14.3. The summed E-state index contributed by atoms with van der Waals surface area (Å²) >= 11 is 0. The molecule has 96 valence electrons. The van der Waals surface area contributed by atoms with Crippen LogP contribution in [0.4, 0.5) is 0 Å². The van der Waals surface area contributed by atoms with Gasteiger partial charge < -0.3 is 0 Å². The van der Waals surface area contributed by atoms with Gasteiger partial charge in [0.25, 0.3) is 0 Å². The van der Waals surface area contributed by atoms with Crippen molar-refractivity contribution in [3.63, 3.8) is 0 Å². The average Bonchev–Trinajstić information content (AvgIpc) is 2.22. The van der Waals surface area contributed by atoms with Gasteiger partial charge in [0, 0.05) is 0 Å². The van der Waals surface area contributed by atoms with Gasteiger partial charge in [-0.2, -0.15) is 0 Å². The van der Waals surface area contributed by atoms with E-state index in [0.29, 0.717) is 11.3 Å². The highest BCUT2D eigenvalue weighted by Gasteiger charge is 2.28. The first-order chi connectivity index (χ1) is 7.78. The molecular formula is C17H28. The van der Waals surface area contributed by atoms with E-state index < -0.39 is 0 Å². The van der Waals surface area contributed by atoms with E-state index in [9.17, 15) is 0 Å². The van der Waals surface area contributed by atoms with Gasteiger partial charge in [-0.15, -0.1) is 0 Å². The lowest BCUT2D eigenvalue weighted by Crippen LogP contribution is -2.17. The first kappa shape index (κ1) is 14.3. The lowest BCUT2D eigenvalue weighted by atomic mass is 9.71. The quantitative estimate of drug-likeness (QED) is 0.572. The molecule has 0 fully saturated rings. The van der Waals surface area contributed by atoms with Crippen LogP contribution >= 0.6 is 0 Å². The van der Waals surface area contributed by atoms with Crippen molar-refractivity contribution in [3.8, 4) is 0 Å². The summed E-state index contributed by atoms with van der Waals surface area (Å²) in [7, 11) is 0. The van der Waals surface area contributed by atoms with Crippen LogP contribution in [0.5, 0.6) is 0 Å². The molecule has 0 heteroatoms. The molecule has 0 radical (unpaired) electrons. The predicted molar refractivity (Wildman–Crippen MR) is 78.1 cm³/mol. The van der Waals surface area contributed by atoms with Gasteiger partial charge in [-0.3, -0.25) is 0 Å². The van der Waals surface area contributed by atoms with Crippen LogP contribution in [0.1, 0.15) is 60.3 Å². The smallest absolute Gasteiger partial charge is 0.0181 e. The average molecular weight is 232 g/mol. The summed E-state index contributed by atoms with van der Waals surface area (Å²) in [5.74, 6) is 0.658. The second kappa shape index (κ2) is 5.25. The van der Waals surface area contributed by atoms with Crippen LogP contribution in [0.25, 0.3) is 0 Å². The van der Waals surface area contributed by atoms with E-state index in [1.165, 1.54) is 41.6 Å². The Morgan fingerprint density at radius 2 is 1.71 bits per heavy atom. The van der Waals surface area contributed by atoms with E-state index in [2.05, 4.69) is 47.8 Å². The fraction of sp³-hybridized carbons (Fsp3) is 0.647. The Hall–Kier alpha value is -0.780. The van der Waals surface area contributed by atoms with E-state index >= 15 is 0 Å². The molecule has 1 atom stereocenters. The van der Waals surface area contributed by atoms with E-state index in [4.69, 9.17) is 0 Å². The maximum atomic E-state index is 4.14. The number of allylic oxidation sites excluding steroid dienone is 4. The first-order valence-corrected chi connectivity index (χ1v) is 6.90. The third-order valence-corrected chi connectivity index (χ3v) is 3.79. The molecule has 0 aromatic carbocycles. The zero-order valence-corrected chi connectivity index (χ0v) is 12.3. The van der Waals surface area contributed by atoms with Gasteiger partial charge in [0.15, 0.2) is 0 Å². The lowest BCUT2D eigenvalue weighted by Gasteiger charge is -2.33. The van der Waals surface area contributed by atoms with Gasteiger partial charge in [-0.05, 0) is 52.9 Å². The lowest BCUT2D eigenvalue weighted by molar-refractivity contribution is 0.349. The Bertz CT molecular complexity index is 347. The van der Waals surface area contributed by atoms with E-state index in [0.717, 1.165) is 6.42 Å². The van der Waals surface area contributed by atoms with Gasteiger partial charge in [-0.25, -0.2) is 0 Å². The molecule has 0 saturated carbocycles. The largest absolute Gasteiger partial charge is 0.0909 e. The van der Waals surface area contributed by atoms with Crippen LogP contribution in [-0.2, 0) is 0 Å². The molecule has 0 aromatic rings. The van der Waals surface area contributed by atoms with E-state index in [-0.39, 0.29) is 0 Å². The van der Waals surface area contributed by atoms with E-state index in [1.807, 2.05) is 0 Å². The van der Waals surface area contributed by atoms with Gasteiger partial charge in [0.1, 0.15) is 0 Å². The molecule has 0 aliphatic heterocycles. The SMILES string of the molecule is C=C1C(=C)C(C(C)CCCC(C)(C)C)=C1CC. The molecule has 0 saturated heterocycles. The van der Waals surface area contributed by atoms with Crippen molar-refractivity contribution in [1.82, 2.24) is 0 Å². The van der Waals surface area contributed by atoms with Crippen molar-refractivity contribution >= 4 is 0 Å². The molecular weight excluding hydrogens is 204 g/mol. The number of rotatable bonds is 5. The molecule has 0 nitrogen and oxygen atoms in total. The monoisotopic (exact) mass is 232 g/mol. The number of hydrogen-bond donors (Lipinski definition) is 0. The van der Waals surface area contributed by atoms with Crippen LogP contribution in [0.3, 0.4) is 0 Å². The minimum atomic E-state index is 0.460. The molecule has 0 bridgehead atoms. The van der Waals surface area contributed by atoms with Crippen molar-refractivity contribution < 1.29 is 0 Å². The fourth-order valence-corrected chi connectivity index (χ4v) is 2.71. The third-order valence-electron chi connectivity index (χ3n) is 3.79. The topological polar surface area (TPSA) is 0 Å². The Labute approximate surface area is 108 Å². The summed E-state index contributed by atoms with van der Waals surface area (Å²) in [6.45, 7) is 19.7. The Balaban J connectivity index is 2.54. The van der Waals surface area contributed by atoms with Crippen molar-refractivity contribution in [3.05, 3.63) is 35.5 Å². The molecule has 1 aliphatic carbocycles. The molecule has 1 rings (SSSR count). The zero-order chi connectivity index (χ0) is 13.2. The van der Waals surface area contributed by atoms with Crippen molar-refractivity contribution in [2.45, 2.75) is 60.3 Å². The highest BCUT2D eigenvalue weighted by molar-refractivity contribution is 5.67. The van der Waals surface area contributed by atoms with Crippen LogP contribution in [0.2, 0.25) is 0 Å². The predicted octanol–water partition coefficient (Wildman–Crippen LogP) is 5.67. The zero-order valence-electron chi connectivity index (χ0n) is 12.3. The summed E-state index contributed by atoms with van der Waals surface area (Å²) in [5.41, 5.74) is 5.85. The number of hydrogen-bond acceptors (Lipinski definition) is 0. The third kappa shape index (κ3) is 3.34. The van der Waals surface area contributed by atoms with Crippen LogP contribution in [-0.4, -0.2) is 0 Å². The van der Waals surface area contributed by atoms with Gasteiger partial charge in [0.05, 0.1) is 0 Å². The van der Waals surface area contributed by atoms with Crippen molar-refractivity contribution in [2.24, 2.45) is 11.3 Å². The Morgan fingerprint density at radius 1 is 1.12 bits per heavy atom. The van der Waals surface area contributed by atoms with Gasteiger partial charge in [-0.1, -0.05) is 54.2 Å². The Kier molecular flexibility index (Phi) is 4.41. The molecule has 17 heavy (non-hydrogen) atoms. The fourth-order valence-electron chi connectivity index (χ4n) is 2.71. The highest BCUT2D eigenvalue weighted by Crippen LogP contribution is 2.44. The molecule has 0 amide bonds. The van der Waals surface area contributed by atoms with Crippen LogP contribution < -0.4 is 0 Å². The summed E-state index contributed by atoms with van der Waals surface area (Å²) in [4.78, 5) is 0. The molecule has 1 unspecified atom stereocenters. The molecule has 0 aromatic heterocycles. The van der Waals surface area contributed by atoms with Crippen molar-refractivity contribution in [2.75, 3.05) is 0 Å². The summed E-state index contributed by atoms with van der Waals surface area (Å²) in [6.07, 6.45) is 5.00. The van der Waals surface area contributed by atoms with E-state index in [1.54, 1.807) is 0 Å². The Morgan fingerprint density at radius 3 is 2.18 bits per heavy atom. The summed E-state index contributed by atoms with van der Waals surface area (Å²) < 4.78 is 0.